The summed E-state index contributed by atoms with van der Waals surface area (Å²) in [5, 5.41) is 2.73. The van der Waals surface area contributed by atoms with Crippen LogP contribution in [0.5, 0.6) is 0 Å². The minimum atomic E-state index is 0.867. The number of aromatic amines is 1. The van der Waals surface area contributed by atoms with Crippen molar-refractivity contribution in [1.82, 2.24) is 4.98 Å². The van der Waals surface area contributed by atoms with Gasteiger partial charge in [-0.1, -0.05) is 12.2 Å². The molecule has 0 saturated heterocycles. The molecule has 1 saturated carbocycles. The molecule has 2 atom stereocenters. The van der Waals surface area contributed by atoms with Crippen molar-refractivity contribution in [1.29, 1.82) is 0 Å². The number of nitrogens with one attached hydrogen (secondary N) is 1. The maximum absolute atomic E-state index is 3.23. The van der Waals surface area contributed by atoms with Gasteiger partial charge in [0.25, 0.3) is 0 Å². The van der Waals surface area contributed by atoms with Crippen LogP contribution in [-0.2, 0) is 0 Å². The fourth-order valence-corrected chi connectivity index (χ4v) is 1.75. The highest BCUT2D eigenvalue weighted by Gasteiger charge is 2.34. The molecule has 2 aliphatic rings. The lowest BCUT2D eigenvalue weighted by Gasteiger charge is -1.90. The SMILES string of the molecule is C1=c2cc[nH]c2=CC2CC12. The predicted molar refractivity (Wildman–Crippen MR) is 40.6 cm³/mol. The zero-order valence-electron chi connectivity index (χ0n) is 5.67. The first kappa shape index (κ1) is 4.78. The summed E-state index contributed by atoms with van der Waals surface area (Å²) in [5.41, 5.74) is 0. The first-order valence-electron chi connectivity index (χ1n) is 3.80. The Labute approximate surface area is 59.1 Å². The molecule has 1 nitrogen and oxygen atoms in total. The Kier molecular flexibility index (Phi) is 0.652. The molecule has 1 heteroatoms. The van der Waals surface area contributed by atoms with E-state index >= 15 is 0 Å². The van der Waals surface area contributed by atoms with Gasteiger partial charge in [0, 0.05) is 11.5 Å². The summed E-state index contributed by atoms with van der Waals surface area (Å²) in [6.45, 7) is 0. The molecule has 2 aliphatic carbocycles. The van der Waals surface area contributed by atoms with E-state index in [-0.39, 0.29) is 0 Å². The monoisotopic (exact) mass is 131 g/mol. The Hall–Kier alpha value is -0.980. The Bertz CT molecular complexity index is 337. The van der Waals surface area contributed by atoms with Gasteiger partial charge in [0.2, 0.25) is 0 Å². The van der Waals surface area contributed by atoms with Gasteiger partial charge in [-0.25, -0.2) is 0 Å². The third-order valence-electron chi connectivity index (χ3n) is 2.48. The van der Waals surface area contributed by atoms with Crippen molar-refractivity contribution in [3.05, 3.63) is 22.8 Å². The van der Waals surface area contributed by atoms with E-state index in [1.165, 1.54) is 17.0 Å². The molecule has 0 bridgehead atoms. The molecular formula is C9H9N. The Balaban J connectivity index is 2.46. The lowest BCUT2D eigenvalue weighted by Crippen LogP contribution is -2.24. The molecule has 0 spiro atoms. The largest absolute Gasteiger partial charge is 0.361 e. The molecule has 1 N–H and O–H groups in total. The summed E-state index contributed by atoms with van der Waals surface area (Å²) in [7, 11) is 0. The van der Waals surface area contributed by atoms with E-state index in [9.17, 15) is 0 Å². The topological polar surface area (TPSA) is 15.8 Å². The zero-order valence-corrected chi connectivity index (χ0v) is 5.67. The van der Waals surface area contributed by atoms with Crippen molar-refractivity contribution in [2.75, 3.05) is 0 Å². The Morgan fingerprint density at radius 3 is 3.20 bits per heavy atom. The molecule has 1 aromatic rings. The second-order valence-electron chi connectivity index (χ2n) is 3.24. The van der Waals surface area contributed by atoms with E-state index in [1.807, 2.05) is 6.20 Å². The van der Waals surface area contributed by atoms with Crippen LogP contribution in [0.4, 0.5) is 0 Å². The molecule has 50 valence electrons. The summed E-state index contributed by atoms with van der Waals surface area (Å²) in [6.07, 6.45) is 8.14. The quantitative estimate of drug-likeness (QED) is 0.518. The van der Waals surface area contributed by atoms with Crippen molar-refractivity contribution in [3.8, 4) is 0 Å². The average molecular weight is 131 g/mol. The molecule has 1 aromatic heterocycles. The average Bonchev–Trinajstić information content (AvgIpc) is 2.52. The fourth-order valence-electron chi connectivity index (χ4n) is 1.75. The van der Waals surface area contributed by atoms with Gasteiger partial charge in [0.1, 0.15) is 0 Å². The molecule has 1 heterocycles. The summed E-state index contributed by atoms with van der Waals surface area (Å²) in [4.78, 5) is 3.23. The Morgan fingerprint density at radius 2 is 2.20 bits per heavy atom. The van der Waals surface area contributed by atoms with Crippen molar-refractivity contribution in [2.45, 2.75) is 6.42 Å². The normalized spacial score (nSPS) is 33.2. The lowest BCUT2D eigenvalue weighted by atomic mass is 10.2. The van der Waals surface area contributed by atoms with Crippen molar-refractivity contribution in [3.63, 3.8) is 0 Å². The van der Waals surface area contributed by atoms with E-state index in [2.05, 4.69) is 23.2 Å². The van der Waals surface area contributed by atoms with E-state index in [1.54, 1.807) is 0 Å². The Morgan fingerprint density at radius 1 is 1.30 bits per heavy atom. The number of hydrogen-bond donors (Lipinski definition) is 1. The van der Waals surface area contributed by atoms with Crippen LogP contribution in [-0.4, -0.2) is 4.98 Å². The molecule has 0 aromatic carbocycles. The van der Waals surface area contributed by atoms with Crippen LogP contribution < -0.4 is 10.6 Å². The number of hydrogen-bond acceptors (Lipinski definition) is 0. The van der Waals surface area contributed by atoms with Gasteiger partial charge in [-0.05, 0) is 29.5 Å². The number of aromatic nitrogens is 1. The van der Waals surface area contributed by atoms with Crippen LogP contribution in [0, 0.1) is 11.8 Å². The summed E-state index contributed by atoms with van der Waals surface area (Å²) >= 11 is 0. The van der Waals surface area contributed by atoms with Gasteiger partial charge in [-0.2, -0.15) is 0 Å². The second kappa shape index (κ2) is 1.36. The van der Waals surface area contributed by atoms with Gasteiger partial charge in [0.05, 0.1) is 0 Å². The van der Waals surface area contributed by atoms with E-state index in [4.69, 9.17) is 0 Å². The zero-order chi connectivity index (χ0) is 6.55. The lowest BCUT2D eigenvalue weighted by molar-refractivity contribution is 1.05. The first-order valence-corrected chi connectivity index (χ1v) is 3.80. The smallest absolute Gasteiger partial charge is 0.0413 e. The van der Waals surface area contributed by atoms with Crippen LogP contribution in [0.3, 0.4) is 0 Å². The molecule has 0 radical (unpaired) electrons. The van der Waals surface area contributed by atoms with Crippen LogP contribution in [0.2, 0.25) is 0 Å². The van der Waals surface area contributed by atoms with Gasteiger partial charge in [-0.3, -0.25) is 0 Å². The molecule has 1 fully saturated rings. The van der Waals surface area contributed by atoms with Gasteiger partial charge >= 0.3 is 0 Å². The molecule has 0 aliphatic heterocycles. The van der Waals surface area contributed by atoms with Crippen molar-refractivity contribution >= 4 is 12.2 Å². The van der Waals surface area contributed by atoms with Gasteiger partial charge < -0.3 is 4.98 Å². The van der Waals surface area contributed by atoms with Crippen LogP contribution in [0.25, 0.3) is 12.2 Å². The third-order valence-corrected chi connectivity index (χ3v) is 2.48. The highest BCUT2D eigenvalue weighted by molar-refractivity contribution is 5.47. The van der Waals surface area contributed by atoms with E-state index in [0.717, 1.165) is 11.8 Å². The first-order chi connectivity index (χ1) is 4.93. The maximum Gasteiger partial charge on any atom is 0.0413 e. The van der Waals surface area contributed by atoms with Gasteiger partial charge in [0.15, 0.2) is 0 Å². The van der Waals surface area contributed by atoms with Crippen molar-refractivity contribution < 1.29 is 0 Å². The summed E-state index contributed by atoms with van der Waals surface area (Å²) in [6, 6.07) is 2.15. The van der Waals surface area contributed by atoms with Crippen LogP contribution in [0.15, 0.2) is 12.3 Å². The predicted octanol–water partition coefficient (Wildman–Crippen LogP) is 0.225. The van der Waals surface area contributed by atoms with E-state index in [0.29, 0.717) is 0 Å². The second-order valence-corrected chi connectivity index (χ2v) is 3.24. The number of rotatable bonds is 0. The number of fused-ring (bicyclic) bond motifs is 2. The summed E-state index contributed by atoms with van der Waals surface area (Å²) < 4.78 is 0. The molecule has 0 amide bonds. The summed E-state index contributed by atoms with van der Waals surface area (Å²) in [5.74, 6) is 1.74. The highest BCUT2D eigenvalue weighted by Crippen LogP contribution is 2.41. The van der Waals surface area contributed by atoms with E-state index < -0.39 is 0 Å². The third kappa shape index (κ3) is 0.480. The van der Waals surface area contributed by atoms with Crippen LogP contribution in [0.1, 0.15) is 6.42 Å². The number of H-pyrrole nitrogens is 1. The minimum Gasteiger partial charge on any atom is -0.361 e. The standard InChI is InChI=1S/C9H9N/c1-2-10-9-5-8-4-7(8)3-6(1)9/h1-3,5,7-8,10H,4H2. The fraction of sp³-hybridized carbons (Fsp3) is 0.333. The van der Waals surface area contributed by atoms with Crippen LogP contribution >= 0.6 is 0 Å². The van der Waals surface area contributed by atoms with Gasteiger partial charge in [-0.15, -0.1) is 0 Å². The van der Waals surface area contributed by atoms with Crippen molar-refractivity contribution in [2.24, 2.45) is 11.8 Å². The minimum absolute atomic E-state index is 0.867. The molecular weight excluding hydrogens is 122 g/mol. The molecule has 10 heavy (non-hydrogen) atoms. The highest BCUT2D eigenvalue weighted by atomic mass is 14.7. The molecule has 2 unspecified atom stereocenters. The molecule has 3 rings (SSSR count). The maximum atomic E-state index is 3.23.